The lowest BCUT2D eigenvalue weighted by Gasteiger charge is -2.20. The lowest BCUT2D eigenvalue weighted by Crippen LogP contribution is -2.38. The maximum absolute atomic E-state index is 12.3. The number of rotatable bonds is 4. The summed E-state index contributed by atoms with van der Waals surface area (Å²) in [6.07, 6.45) is 5.73. The Balaban J connectivity index is 1.67. The van der Waals surface area contributed by atoms with Crippen LogP contribution in [0.5, 0.6) is 0 Å². The molecular formula is C15H24N4O. The smallest absolute Gasteiger partial charge is 0.274 e. The summed E-state index contributed by atoms with van der Waals surface area (Å²) in [7, 11) is 0. The number of hydrogen-bond acceptors (Lipinski definition) is 3. The van der Waals surface area contributed by atoms with Crippen molar-refractivity contribution in [2.24, 2.45) is 11.8 Å². The molecule has 5 nitrogen and oxygen atoms in total. The normalized spacial score (nSPS) is 29.6. The zero-order chi connectivity index (χ0) is 14.3. The summed E-state index contributed by atoms with van der Waals surface area (Å²) < 4.78 is 0. The van der Waals surface area contributed by atoms with E-state index in [-0.39, 0.29) is 11.9 Å². The Morgan fingerprint density at radius 3 is 2.75 bits per heavy atom. The summed E-state index contributed by atoms with van der Waals surface area (Å²) in [4.78, 5) is 12.3. The molecule has 2 aliphatic rings. The van der Waals surface area contributed by atoms with Gasteiger partial charge in [0.05, 0.1) is 11.4 Å². The van der Waals surface area contributed by atoms with Crippen molar-refractivity contribution in [3.05, 3.63) is 11.4 Å². The monoisotopic (exact) mass is 276 g/mol. The Morgan fingerprint density at radius 1 is 1.40 bits per heavy atom. The Hall–Kier alpha value is -1.52. The molecule has 20 heavy (non-hydrogen) atoms. The second-order valence-corrected chi connectivity index (χ2v) is 6.36. The molecule has 3 atom stereocenters. The summed E-state index contributed by atoms with van der Waals surface area (Å²) in [5.74, 6) is 1.61. The van der Waals surface area contributed by atoms with Crippen LogP contribution in [0.3, 0.4) is 0 Å². The van der Waals surface area contributed by atoms with Crippen LogP contribution in [-0.2, 0) is 0 Å². The van der Waals surface area contributed by atoms with Crippen LogP contribution in [0.15, 0.2) is 0 Å². The molecule has 110 valence electrons. The third-order valence-electron chi connectivity index (χ3n) is 5.10. The molecule has 1 amide bonds. The van der Waals surface area contributed by atoms with E-state index in [0.29, 0.717) is 23.2 Å². The molecule has 0 saturated heterocycles. The maximum atomic E-state index is 12.3. The van der Waals surface area contributed by atoms with Crippen LogP contribution in [0.1, 0.15) is 68.1 Å². The van der Waals surface area contributed by atoms with Gasteiger partial charge in [-0.2, -0.15) is 5.10 Å². The number of H-pyrrole nitrogens is 1. The van der Waals surface area contributed by atoms with Gasteiger partial charge in [0.25, 0.3) is 5.91 Å². The molecule has 1 aromatic heterocycles. The average molecular weight is 276 g/mol. The first-order valence-corrected chi connectivity index (χ1v) is 7.76. The highest BCUT2D eigenvalue weighted by atomic mass is 16.2. The molecule has 3 rings (SSSR count). The van der Waals surface area contributed by atoms with Gasteiger partial charge in [0.2, 0.25) is 0 Å². The number of aromatic amines is 1. The summed E-state index contributed by atoms with van der Waals surface area (Å²) in [6.45, 7) is 4.45. The number of nitrogens with one attached hydrogen (secondary N) is 2. The second kappa shape index (κ2) is 5.11. The van der Waals surface area contributed by atoms with Crippen molar-refractivity contribution in [1.29, 1.82) is 0 Å². The standard InChI is InChI=1S/C15H24N4O/c1-3-9-6-7-11(8(9)2)17-15(20)14-12(16)13(18-19-14)10-4-5-10/h8-11H,3-7,16H2,1-2H3,(H,17,20)(H,18,19). The number of anilines is 1. The molecule has 0 bridgehead atoms. The number of carbonyl (C=O) groups is 1. The zero-order valence-corrected chi connectivity index (χ0v) is 12.3. The quantitative estimate of drug-likeness (QED) is 0.789. The van der Waals surface area contributed by atoms with Gasteiger partial charge in [-0.25, -0.2) is 0 Å². The number of aromatic nitrogens is 2. The molecule has 0 spiro atoms. The number of carbonyl (C=O) groups excluding carboxylic acids is 1. The van der Waals surface area contributed by atoms with Crippen LogP contribution in [0.25, 0.3) is 0 Å². The van der Waals surface area contributed by atoms with E-state index in [9.17, 15) is 4.79 Å². The molecule has 0 radical (unpaired) electrons. The number of nitrogens with two attached hydrogens (primary N) is 1. The molecule has 2 saturated carbocycles. The van der Waals surface area contributed by atoms with Gasteiger partial charge in [-0.15, -0.1) is 0 Å². The van der Waals surface area contributed by atoms with Gasteiger partial charge in [-0.3, -0.25) is 9.89 Å². The fourth-order valence-corrected chi connectivity index (χ4v) is 3.48. The van der Waals surface area contributed by atoms with Crippen molar-refractivity contribution in [1.82, 2.24) is 15.5 Å². The summed E-state index contributed by atoms with van der Waals surface area (Å²) >= 11 is 0. The molecule has 2 fully saturated rings. The predicted octanol–water partition coefficient (Wildman–Crippen LogP) is 2.42. The Bertz CT molecular complexity index is 506. The van der Waals surface area contributed by atoms with E-state index in [0.717, 1.165) is 30.9 Å². The second-order valence-electron chi connectivity index (χ2n) is 6.36. The van der Waals surface area contributed by atoms with Crippen molar-refractivity contribution >= 4 is 11.6 Å². The van der Waals surface area contributed by atoms with Crippen LogP contribution in [0.4, 0.5) is 5.69 Å². The highest BCUT2D eigenvalue weighted by molar-refractivity contribution is 5.98. The SMILES string of the molecule is CCC1CCC(NC(=O)c2n[nH]c(C3CC3)c2N)C1C. The fraction of sp³-hybridized carbons (Fsp3) is 0.733. The van der Waals surface area contributed by atoms with Crippen molar-refractivity contribution in [2.75, 3.05) is 5.73 Å². The van der Waals surface area contributed by atoms with E-state index in [1.54, 1.807) is 0 Å². The van der Waals surface area contributed by atoms with Crippen molar-refractivity contribution in [3.63, 3.8) is 0 Å². The minimum absolute atomic E-state index is 0.126. The Labute approximate surface area is 119 Å². The molecule has 1 heterocycles. The molecule has 3 unspecified atom stereocenters. The molecule has 0 aliphatic heterocycles. The van der Waals surface area contributed by atoms with Gasteiger partial charge < -0.3 is 11.1 Å². The number of nitrogen functional groups attached to an aromatic ring is 1. The van der Waals surface area contributed by atoms with E-state index in [1.807, 2.05) is 0 Å². The van der Waals surface area contributed by atoms with E-state index < -0.39 is 0 Å². The number of hydrogen-bond donors (Lipinski definition) is 3. The first kappa shape index (κ1) is 13.5. The first-order valence-electron chi connectivity index (χ1n) is 7.76. The number of nitrogens with zero attached hydrogens (tertiary/aromatic N) is 1. The van der Waals surface area contributed by atoms with Crippen LogP contribution in [0, 0.1) is 11.8 Å². The van der Waals surface area contributed by atoms with Gasteiger partial charge in [-0.1, -0.05) is 20.3 Å². The van der Waals surface area contributed by atoms with Crippen LogP contribution in [-0.4, -0.2) is 22.1 Å². The Morgan fingerprint density at radius 2 is 2.15 bits per heavy atom. The zero-order valence-electron chi connectivity index (χ0n) is 12.3. The highest BCUT2D eigenvalue weighted by Crippen LogP contribution is 2.42. The molecule has 5 heteroatoms. The van der Waals surface area contributed by atoms with E-state index >= 15 is 0 Å². The van der Waals surface area contributed by atoms with Crippen LogP contribution in [0.2, 0.25) is 0 Å². The summed E-state index contributed by atoms with van der Waals surface area (Å²) in [6, 6.07) is 0.257. The minimum atomic E-state index is -0.126. The van der Waals surface area contributed by atoms with Crippen molar-refractivity contribution < 1.29 is 4.79 Å². The van der Waals surface area contributed by atoms with E-state index in [2.05, 4.69) is 29.4 Å². The molecule has 1 aromatic rings. The largest absolute Gasteiger partial charge is 0.395 e. The molecule has 4 N–H and O–H groups in total. The minimum Gasteiger partial charge on any atom is -0.395 e. The van der Waals surface area contributed by atoms with Gasteiger partial charge in [0, 0.05) is 12.0 Å². The lowest BCUT2D eigenvalue weighted by molar-refractivity contribution is 0.0922. The third kappa shape index (κ3) is 2.30. The molecule has 0 aromatic carbocycles. The van der Waals surface area contributed by atoms with E-state index in [4.69, 9.17) is 5.73 Å². The topological polar surface area (TPSA) is 83.8 Å². The summed E-state index contributed by atoms with van der Waals surface area (Å²) in [5.41, 5.74) is 7.92. The van der Waals surface area contributed by atoms with Crippen LogP contribution >= 0.6 is 0 Å². The van der Waals surface area contributed by atoms with Crippen molar-refractivity contribution in [3.8, 4) is 0 Å². The fourth-order valence-electron chi connectivity index (χ4n) is 3.48. The van der Waals surface area contributed by atoms with Crippen molar-refractivity contribution in [2.45, 2.75) is 57.9 Å². The first-order chi connectivity index (χ1) is 9.61. The van der Waals surface area contributed by atoms with Gasteiger partial charge in [0.1, 0.15) is 0 Å². The van der Waals surface area contributed by atoms with Gasteiger partial charge in [-0.05, 0) is 37.5 Å². The number of amides is 1. The lowest BCUT2D eigenvalue weighted by atomic mass is 9.93. The molecule has 2 aliphatic carbocycles. The molecular weight excluding hydrogens is 252 g/mol. The van der Waals surface area contributed by atoms with E-state index in [1.165, 1.54) is 12.8 Å². The maximum Gasteiger partial charge on any atom is 0.274 e. The van der Waals surface area contributed by atoms with Gasteiger partial charge >= 0.3 is 0 Å². The summed E-state index contributed by atoms with van der Waals surface area (Å²) in [5, 5.41) is 10.2. The average Bonchev–Trinajstić information content (AvgIpc) is 3.12. The van der Waals surface area contributed by atoms with Gasteiger partial charge in [0.15, 0.2) is 5.69 Å². The third-order valence-corrected chi connectivity index (χ3v) is 5.10. The predicted molar refractivity (Wildman–Crippen MR) is 78.4 cm³/mol. The van der Waals surface area contributed by atoms with Crippen LogP contribution < -0.4 is 11.1 Å². The highest BCUT2D eigenvalue weighted by Gasteiger charge is 2.34. The Kier molecular flexibility index (Phi) is 3.44.